The second-order valence-corrected chi connectivity index (χ2v) is 8.78. The summed E-state index contributed by atoms with van der Waals surface area (Å²) in [5, 5.41) is 11.6. The van der Waals surface area contributed by atoms with Crippen LogP contribution in [0.4, 0.5) is 5.13 Å². The van der Waals surface area contributed by atoms with Gasteiger partial charge in [0.05, 0.1) is 13.2 Å². The number of amides is 1. The van der Waals surface area contributed by atoms with Crippen LogP contribution in [0.2, 0.25) is 0 Å². The predicted octanol–water partition coefficient (Wildman–Crippen LogP) is 2.34. The van der Waals surface area contributed by atoms with Gasteiger partial charge in [0.2, 0.25) is 11.0 Å². The van der Waals surface area contributed by atoms with Gasteiger partial charge >= 0.3 is 0 Å². The van der Waals surface area contributed by atoms with E-state index in [0.29, 0.717) is 11.6 Å². The zero-order chi connectivity index (χ0) is 16.0. The summed E-state index contributed by atoms with van der Waals surface area (Å²) >= 11 is 3.13. The summed E-state index contributed by atoms with van der Waals surface area (Å²) in [7, 11) is 0. The molecule has 1 N–H and O–H groups in total. The maximum Gasteiger partial charge on any atom is 0.226 e. The summed E-state index contributed by atoms with van der Waals surface area (Å²) in [6, 6.07) is 0. The van der Waals surface area contributed by atoms with E-state index in [1.807, 2.05) is 20.8 Å². The van der Waals surface area contributed by atoms with Crippen molar-refractivity contribution in [1.82, 2.24) is 15.1 Å². The van der Waals surface area contributed by atoms with E-state index in [0.717, 1.165) is 42.9 Å². The van der Waals surface area contributed by atoms with Gasteiger partial charge in [0.1, 0.15) is 0 Å². The lowest BCUT2D eigenvalue weighted by Crippen LogP contribution is -2.37. The molecule has 0 atom stereocenters. The zero-order valence-electron chi connectivity index (χ0n) is 13.4. The van der Waals surface area contributed by atoms with Crippen molar-refractivity contribution in [2.45, 2.75) is 31.5 Å². The van der Waals surface area contributed by atoms with Gasteiger partial charge < -0.3 is 10.1 Å². The number of carbonyl (C=O) groups excluding carboxylic acids is 1. The number of carbonyl (C=O) groups is 1. The molecule has 8 heteroatoms. The lowest BCUT2D eigenvalue weighted by Gasteiger charge is -2.25. The van der Waals surface area contributed by atoms with Crippen LogP contribution in [-0.2, 0) is 9.53 Å². The van der Waals surface area contributed by atoms with Gasteiger partial charge in [-0.2, -0.15) is 0 Å². The Bertz CT molecular complexity index is 481. The van der Waals surface area contributed by atoms with E-state index in [1.54, 1.807) is 11.8 Å². The summed E-state index contributed by atoms with van der Waals surface area (Å²) < 4.78 is 6.23. The topological polar surface area (TPSA) is 67.4 Å². The Hall–Kier alpha value is -0.700. The van der Waals surface area contributed by atoms with Gasteiger partial charge in [0, 0.05) is 31.8 Å². The molecule has 1 amide bonds. The highest BCUT2D eigenvalue weighted by atomic mass is 32.2. The van der Waals surface area contributed by atoms with Gasteiger partial charge in [-0.15, -0.1) is 10.2 Å². The molecule has 1 aliphatic heterocycles. The van der Waals surface area contributed by atoms with Crippen LogP contribution >= 0.6 is 23.1 Å². The molecule has 0 radical (unpaired) electrons. The molecule has 6 nitrogen and oxygen atoms in total. The Kier molecular flexibility index (Phi) is 6.61. The average Bonchev–Trinajstić information content (AvgIpc) is 2.85. The molecule has 1 aromatic heterocycles. The van der Waals surface area contributed by atoms with Gasteiger partial charge in [-0.05, 0) is 5.41 Å². The standard InChI is InChI=1S/C14H24N4O2S2/c1-14(2,3)10-11(19)15-12-16-17-13(22-12)21-9-6-18-4-7-20-8-5-18/h4-10H2,1-3H3,(H,15,16,19). The number of nitrogens with one attached hydrogen (secondary N) is 1. The number of nitrogens with zero attached hydrogens (tertiary/aromatic N) is 3. The summed E-state index contributed by atoms with van der Waals surface area (Å²) in [5.74, 6) is 0.971. The smallest absolute Gasteiger partial charge is 0.226 e. The highest BCUT2D eigenvalue weighted by Crippen LogP contribution is 2.26. The lowest BCUT2D eigenvalue weighted by atomic mass is 9.92. The third kappa shape index (κ3) is 6.60. The molecule has 22 heavy (non-hydrogen) atoms. The molecule has 0 unspecified atom stereocenters. The van der Waals surface area contributed by atoms with E-state index in [4.69, 9.17) is 4.74 Å². The fourth-order valence-corrected chi connectivity index (χ4v) is 3.89. The highest BCUT2D eigenvalue weighted by Gasteiger charge is 2.17. The van der Waals surface area contributed by atoms with Crippen LogP contribution in [0.5, 0.6) is 0 Å². The largest absolute Gasteiger partial charge is 0.379 e. The lowest BCUT2D eigenvalue weighted by molar-refractivity contribution is -0.117. The minimum Gasteiger partial charge on any atom is -0.379 e. The first-order chi connectivity index (χ1) is 10.4. The van der Waals surface area contributed by atoms with Crippen LogP contribution in [0, 0.1) is 5.41 Å². The molecule has 1 aromatic rings. The summed E-state index contributed by atoms with van der Waals surface area (Å²) in [6.45, 7) is 10.8. The summed E-state index contributed by atoms with van der Waals surface area (Å²) in [5.41, 5.74) is -0.0233. The van der Waals surface area contributed by atoms with Crippen molar-refractivity contribution in [2.24, 2.45) is 5.41 Å². The van der Waals surface area contributed by atoms with Gasteiger partial charge in [-0.25, -0.2) is 0 Å². The van der Waals surface area contributed by atoms with E-state index < -0.39 is 0 Å². The van der Waals surface area contributed by atoms with Gasteiger partial charge in [0.15, 0.2) is 4.34 Å². The van der Waals surface area contributed by atoms with E-state index in [9.17, 15) is 4.79 Å². The fourth-order valence-electron chi connectivity index (χ4n) is 2.05. The molecule has 1 fully saturated rings. The Morgan fingerprint density at radius 3 is 2.77 bits per heavy atom. The second-order valence-electron chi connectivity index (χ2n) is 6.46. The third-order valence-corrected chi connectivity index (χ3v) is 5.03. The molecule has 0 bridgehead atoms. The van der Waals surface area contributed by atoms with Crippen LogP contribution in [-0.4, -0.2) is 59.6 Å². The van der Waals surface area contributed by atoms with Crippen molar-refractivity contribution in [2.75, 3.05) is 43.9 Å². The van der Waals surface area contributed by atoms with Crippen LogP contribution in [0.1, 0.15) is 27.2 Å². The molecular weight excluding hydrogens is 320 g/mol. The minimum absolute atomic E-state index is 0.00600. The van der Waals surface area contributed by atoms with E-state index in [-0.39, 0.29) is 11.3 Å². The van der Waals surface area contributed by atoms with Crippen molar-refractivity contribution in [3.8, 4) is 0 Å². The molecule has 1 aliphatic rings. The number of morpholine rings is 1. The SMILES string of the molecule is CC(C)(C)CC(=O)Nc1nnc(SCCN2CCOCC2)s1. The maximum atomic E-state index is 11.9. The number of hydrogen-bond donors (Lipinski definition) is 1. The van der Waals surface area contributed by atoms with Crippen molar-refractivity contribution >= 4 is 34.1 Å². The highest BCUT2D eigenvalue weighted by molar-refractivity contribution is 8.01. The molecule has 0 spiro atoms. The van der Waals surface area contributed by atoms with Crippen molar-refractivity contribution < 1.29 is 9.53 Å². The Balaban J connectivity index is 1.70. The molecule has 0 aliphatic carbocycles. The Morgan fingerprint density at radius 1 is 1.36 bits per heavy atom. The first-order valence-electron chi connectivity index (χ1n) is 7.49. The molecule has 0 saturated carbocycles. The number of aromatic nitrogens is 2. The molecule has 2 rings (SSSR count). The number of rotatable bonds is 6. The molecule has 124 valence electrons. The van der Waals surface area contributed by atoms with E-state index in [2.05, 4.69) is 20.4 Å². The minimum atomic E-state index is -0.0233. The monoisotopic (exact) mass is 344 g/mol. The number of anilines is 1. The van der Waals surface area contributed by atoms with Gasteiger partial charge in [-0.1, -0.05) is 43.9 Å². The van der Waals surface area contributed by atoms with Crippen molar-refractivity contribution in [3.63, 3.8) is 0 Å². The molecular formula is C14H24N4O2S2. The Labute approximate surface area is 140 Å². The fraction of sp³-hybridized carbons (Fsp3) is 0.786. The summed E-state index contributed by atoms with van der Waals surface area (Å²) in [4.78, 5) is 14.3. The molecule has 1 saturated heterocycles. The second kappa shape index (κ2) is 8.24. The van der Waals surface area contributed by atoms with Crippen LogP contribution in [0.25, 0.3) is 0 Å². The first kappa shape index (κ1) is 17.7. The van der Waals surface area contributed by atoms with Crippen molar-refractivity contribution in [1.29, 1.82) is 0 Å². The first-order valence-corrected chi connectivity index (χ1v) is 9.29. The number of ether oxygens (including phenoxy) is 1. The number of hydrogen-bond acceptors (Lipinski definition) is 7. The van der Waals surface area contributed by atoms with Gasteiger partial charge in [-0.3, -0.25) is 9.69 Å². The predicted molar refractivity (Wildman–Crippen MR) is 90.6 cm³/mol. The normalized spacial score (nSPS) is 16.7. The van der Waals surface area contributed by atoms with E-state index in [1.165, 1.54) is 11.3 Å². The molecule has 2 heterocycles. The number of thioether (sulfide) groups is 1. The average molecular weight is 345 g/mol. The van der Waals surface area contributed by atoms with Crippen LogP contribution in [0.3, 0.4) is 0 Å². The van der Waals surface area contributed by atoms with E-state index >= 15 is 0 Å². The zero-order valence-corrected chi connectivity index (χ0v) is 15.1. The maximum absolute atomic E-state index is 11.9. The quantitative estimate of drug-likeness (QED) is 0.631. The van der Waals surface area contributed by atoms with Crippen molar-refractivity contribution in [3.05, 3.63) is 0 Å². The Morgan fingerprint density at radius 2 is 2.09 bits per heavy atom. The van der Waals surface area contributed by atoms with Crippen LogP contribution < -0.4 is 5.32 Å². The third-order valence-electron chi connectivity index (χ3n) is 3.08. The summed E-state index contributed by atoms with van der Waals surface area (Å²) in [6.07, 6.45) is 0.478. The van der Waals surface area contributed by atoms with Crippen LogP contribution in [0.15, 0.2) is 4.34 Å². The molecule has 0 aromatic carbocycles. The van der Waals surface area contributed by atoms with Gasteiger partial charge in [0.25, 0.3) is 0 Å².